The second-order valence-electron chi connectivity index (χ2n) is 4.65. The van der Waals surface area contributed by atoms with E-state index in [9.17, 15) is 4.79 Å². The number of thioether (sulfide) groups is 1. The number of carbonyl (C=O) groups is 1. The van der Waals surface area contributed by atoms with Crippen molar-refractivity contribution in [2.45, 2.75) is 25.5 Å². The Morgan fingerprint density at radius 1 is 1.50 bits per heavy atom. The maximum absolute atomic E-state index is 12.2. The summed E-state index contributed by atoms with van der Waals surface area (Å²) in [6.07, 6.45) is 3.04. The zero-order valence-corrected chi connectivity index (χ0v) is 13.1. The lowest BCUT2D eigenvalue weighted by molar-refractivity contribution is 0.0953. The molecule has 3 N–H and O–H groups in total. The predicted molar refractivity (Wildman–Crippen MR) is 87.0 cm³/mol. The monoisotopic (exact) mass is 290 g/mol. The molecule has 0 fully saturated rings. The lowest BCUT2D eigenvalue weighted by Crippen LogP contribution is -2.26. The average molecular weight is 290 g/mol. The number of benzene rings is 1. The average Bonchev–Trinajstić information content (AvgIpc) is 2.45. The second-order valence-corrected chi connectivity index (χ2v) is 5.92. The SMILES string of the molecule is CSC(C)CCNC(=O)c1cc(C)ccc1C#CCN. The fraction of sp³-hybridized carbons (Fsp3) is 0.438. The Hall–Kier alpha value is -1.44. The first-order chi connectivity index (χ1) is 9.58. The summed E-state index contributed by atoms with van der Waals surface area (Å²) in [7, 11) is 0. The van der Waals surface area contributed by atoms with Crippen molar-refractivity contribution in [1.82, 2.24) is 5.32 Å². The summed E-state index contributed by atoms with van der Waals surface area (Å²) in [5, 5.41) is 3.50. The van der Waals surface area contributed by atoms with Crippen LogP contribution < -0.4 is 11.1 Å². The molecule has 0 aliphatic carbocycles. The molecule has 0 radical (unpaired) electrons. The third-order valence-electron chi connectivity index (χ3n) is 2.98. The van der Waals surface area contributed by atoms with E-state index in [-0.39, 0.29) is 5.91 Å². The highest BCUT2D eigenvalue weighted by Gasteiger charge is 2.10. The molecule has 0 bridgehead atoms. The summed E-state index contributed by atoms with van der Waals surface area (Å²) in [5.41, 5.74) is 7.79. The summed E-state index contributed by atoms with van der Waals surface area (Å²) in [4.78, 5) is 12.2. The van der Waals surface area contributed by atoms with Crippen molar-refractivity contribution in [3.05, 3.63) is 34.9 Å². The molecule has 0 aliphatic rings. The smallest absolute Gasteiger partial charge is 0.252 e. The fourth-order valence-electron chi connectivity index (χ4n) is 1.70. The minimum Gasteiger partial charge on any atom is -0.352 e. The third kappa shape index (κ3) is 5.28. The number of rotatable bonds is 5. The molecule has 20 heavy (non-hydrogen) atoms. The van der Waals surface area contributed by atoms with Crippen LogP contribution in [0.1, 0.15) is 34.8 Å². The van der Waals surface area contributed by atoms with E-state index in [1.807, 2.05) is 25.1 Å². The van der Waals surface area contributed by atoms with Crippen LogP contribution in [0.25, 0.3) is 0 Å². The fourth-order valence-corrected chi connectivity index (χ4v) is 2.06. The van der Waals surface area contributed by atoms with E-state index in [0.29, 0.717) is 23.9 Å². The molecule has 1 amide bonds. The van der Waals surface area contributed by atoms with Crippen LogP contribution >= 0.6 is 11.8 Å². The Bertz CT molecular complexity index is 517. The lowest BCUT2D eigenvalue weighted by Gasteiger charge is -2.10. The quantitative estimate of drug-likeness (QED) is 0.817. The van der Waals surface area contributed by atoms with Gasteiger partial charge in [0.1, 0.15) is 0 Å². The highest BCUT2D eigenvalue weighted by molar-refractivity contribution is 7.99. The van der Waals surface area contributed by atoms with Crippen LogP contribution in [0.2, 0.25) is 0 Å². The topological polar surface area (TPSA) is 55.1 Å². The van der Waals surface area contributed by atoms with Gasteiger partial charge in [-0.25, -0.2) is 0 Å². The van der Waals surface area contributed by atoms with Crippen LogP contribution in [0.4, 0.5) is 0 Å². The number of amides is 1. The molecular formula is C16H22N2OS. The molecule has 0 spiro atoms. The summed E-state index contributed by atoms with van der Waals surface area (Å²) in [6, 6.07) is 5.69. The first kappa shape index (κ1) is 16.6. The molecule has 0 aliphatic heterocycles. The zero-order chi connectivity index (χ0) is 15.0. The van der Waals surface area contributed by atoms with E-state index in [4.69, 9.17) is 5.73 Å². The highest BCUT2D eigenvalue weighted by Crippen LogP contribution is 2.12. The Morgan fingerprint density at radius 2 is 2.25 bits per heavy atom. The third-order valence-corrected chi connectivity index (χ3v) is 4.02. The van der Waals surface area contributed by atoms with Crippen molar-refractivity contribution < 1.29 is 4.79 Å². The number of carbonyl (C=O) groups excluding carboxylic acids is 1. The van der Waals surface area contributed by atoms with Crippen molar-refractivity contribution in [2.24, 2.45) is 5.73 Å². The number of aryl methyl sites for hydroxylation is 1. The van der Waals surface area contributed by atoms with Gasteiger partial charge in [0.05, 0.1) is 12.1 Å². The first-order valence-corrected chi connectivity index (χ1v) is 7.97. The minimum absolute atomic E-state index is 0.0664. The molecule has 108 valence electrons. The molecule has 1 aromatic rings. The molecule has 1 rings (SSSR count). The van der Waals surface area contributed by atoms with Gasteiger partial charge in [-0.3, -0.25) is 4.79 Å². The molecular weight excluding hydrogens is 268 g/mol. The molecule has 1 unspecified atom stereocenters. The van der Waals surface area contributed by atoms with Gasteiger partial charge in [0.2, 0.25) is 0 Å². The summed E-state index contributed by atoms with van der Waals surface area (Å²) < 4.78 is 0. The molecule has 1 atom stereocenters. The number of hydrogen-bond donors (Lipinski definition) is 2. The number of hydrogen-bond acceptors (Lipinski definition) is 3. The Labute approximate surface area is 125 Å². The molecule has 0 heterocycles. The van der Waals surface area contributed by atoms with Gasteiger partial charge in [-0.05, 0) is 31.7 Å². The molecule has 4 heteroatoms. The van der Waals surface area contributed by atoms with Gasteiger partial charge in [-0.2, -0.15) is 11.8 Å². The van der Waals surface area contributed by atoms with Gasteiger partial charge in [-0.15, -0.1) is 0 Å². The lowest BCUT2D eigenvalue weighted by atomic mass is 10.0. The second kappa shape index (κ2) is 8.68. The van der Waals surface area contributed by atoms with Crippen molar-refractivity contribution in [1.29, 1.82) is 0 Å². The maximum Gasteiger partial charge on any atom is 0.252 e. The van der Waals surface area contributed by atoms with Crippen LogP contribution in [0.3, 0.4) is 0 Å². The maximum atomic E-state index is 12.2. The minimum atomic E-state index is -0.0664. The largest absolute Gasteiger partial charge is 0.352 e. The highest BCUT2D eigenvalue weighted by atomic mass is 32.2. The van der Waals surface area contributed by atoms with Crippen LogP contribution in [0, 0.1) is 18.8 Å². The van der Waals surface area contributed by atoms with E-state index in [2.05, 4.69) is 30.3 Å². The number of nitrogens with two attached hydrogens (primary N) is 1. The van der Waals surface area contributed by atoms with Crippen LogP contribution in [-0.4, -0.2) is 30.5 Å². The van der Waals surface area contributed by atoms with Crippen molar-refractivity contribution >= 4 is 17.7 Å². The van der Waals surface area contributed by atoms with Gasteiger partial charge in [0.15, 0.2) is 0 Å². The van der Waals surface area contributed by atoms with Crippen LogP contribution in [0.15, 0.2) is 18.2 Å². The Balaban J connectivity index is 2.78. The van der Waals surface area contributed by atoms with Crippen molar-refractivity contribution in [2.75, 3.05) is 19.3 Å². The number of nitrogens with one attached hydrogen (secondary N) is 1. The summed E-state index contributed by atoms with van der Waals surface area (Å²) in [6.45, 7) is 5.09. The van der Waals surface area contributed by atoms with Crippen molar-refractivity contribution in [3.63, 3.8) is 0 Å². The van der Waals surface area contributed by atoms with E-state index < -0.39 is 0 Å². The van der Waals surface area contributed by atoms with E-state index >= 15 is 0 Å². The van der Waals surface area contributed by atoms with Gasteiger partial charge < -0.3 is 11.1 Å². The Kier molecular flexibility index (Phi) is 7.21. The van der Waals surface area contributed by atoms with E-state index in [0.717, 1.165) is 17.5 Å². The van der Waals surface area contributed by atoms with Gasteiger partial charge in [0.25, 0.3) is 5.91 Å². The Morgan fingerprint density at radius 3 is 2.90 bits per heavy atom. The normalized spacial score (nSPS) is 11.4. The molecule has 0 saturated carbocycles. The van der Waals surface area contributed by atoms with E-state index in [1.54, 1.807) is 11.8 Å². The zero-order valence-electron chi connectivity index (χ0n) is 12.3. The first-order valence-electron chi connectivity index (χ1n) is 6.69. The summed E-state index contributed by atoms with van der Waals surface area (Å²) >= 11 is 1.80. The van der Waals surface area contributed by atoms with E-state index in [1.165, 1.54) is 0 Å². The molecule has 1 aromatic carbocycles. The van der Waals surface area contributed by atoms with Crippen LogP contribution in [-0.2, 0) is 0 Å². The van der Waals surface area contributed by atoms with Crippen LogP contribution in [0.5, 0.6) is 0 Å². The predicted octanol–water partition coefficient (Wildman–Crippen LogP) is 2.18. The summed E-state index contributed by atoms with van der Waals surface area (Å²) in [5.74, 6) is 5.68. The van der Waals surface area contributed by atoms with Gasteiger partial charge >= 0.3 is 0 Å². The van der Waals surface area contributed by atoms with Gasteiger partial charge in [-0.1, -0.05) is 30.4 Å². The molecule has 3 nitrogen and oxygen atoms in total. The van der Waals surface area contributed by atoms with Crippen molar-refractivity contribution in [3.8, 4) is 11.8 Å². The standard InChI is InChI=1S/C16H22N2OS/c1-12-6-7-14(5-4-9-17)15(11-12)16(19)18-10-8-13(2)20-3/h6-7,11,13H,8-10,17H2,1-3H3,(H,18,19). The van der Waals surface area contributed by atoms with Gasteiger partial charge in [0, 0.05) is 17.4 Å². The molecule has 0 saturated heterocycles. The molecule has 0 aromatic heterocycles.